The summed E-state index contributed by atoms with van der Waals surface area (Å²) in [5, 5.41) is 6.74. The number of allylic oxidation sites excluding steroid dienone is 1. The number of carbonyl (C=O) groups is 2. The number of halogens is 1. The topological polar surface area (TPSA) is 106 Å². The molecule has 1 unspecified atom stereocenters. The van der Waals surface area contributed by atoms with Gasteiger partial charge in [-0.2, -0.15) is 5.10 Å². The molecule has 1 atom stereocenters. The summed E-state index contributed by atoms with van der Waals surface area (Å²) in [5.41, 5.74) is 1.85. The van der Waals surface area contributed by atoms with Crippen LogP contribution in [-0.4, -0.2) is 26.8 Å². The third kappa shape index (κ3) is 4.02. The molecule has 1 saturated carbocycles. The highest BCUT2D eigenvalue weighted by molar-refractivity contribution is 6.07. The Balaban J connectivity index is 1.55. The lowest BCUT2D eigenvalue weighted by molar-refractivity contribution is -0.116. The number of aromatic amines is 1. The van der Waals surface area contributed by atoms with E-state index in [1.807, 2.05) is 13.0 Å². The quantitative estimate of drug-likeness (QED) is 0.546. The van der Waals surface area contributed by atoms with Crippen molar-refractivity contribution in [3.8, 4) is 11.3 Å². The van der Waals surface area contributed by atoms with E-state index in [2.05, 4.69) is 15.4 Å². The number of nitrogens with one attached hydrogen (secondary N) is 2. The zero-order valence-corrected chi connectivity index (χ0v) is 18.8. The molecule has 1 saturated heterocycles. The number of nitrogens with zero attached hydrogens (tertiary/aromatic N) is 2. The van der Waals surface area contributed by atoms with Gasteiger partial charge in [0.25, 0.3) is 11.5 Å². The number of amides is 2. The Kier molecular flexibility index (Phi) is 5.77. The zero-order valence-electron chi connectivity index (χ0n) is 18.8. The van der Waals surface area contributed by atoms with Crippen molar-refractivity contribution in [3.63, 3.8) is 0 Å². The van der Waals surface area contributed by atoms with Crippen LogP contribution in [-0.2, 0) is 16.1 Å². The lowest BCUT2D eigenvalue weighted by atomic mass is 9.76. The molecule has 2 aromatic heterocycles. The van der Waals surface area contributed by atoms with Crippen LogP contribution in [0, 0.1) is 11.7 Å². The largest absolute Gasteiger partial charge is 0.419 e. The third-order valence-corrected chi connectivity index (χ3v) is 6.75. The van der Waals surface area contributed by atoms with Crippen molar-refractivity contribution in [3.05, 3.63) is 64.0 Å². The van der Waals surface area contributed by atoms with Crippen molar-refractivity contribution < 1.29 is 18.7 Å². The van der Waals surface area contributed by atoms with Crippen LogP contribution >= 0.6 is 0 Å². The number of carbonyl (C=O) groups excluding carboxylic acids is 2. The number of cyclic esters (lactones) is 1. The first-order valence-corrected chi connectivity index (χ1v) is 11.6. The lowest BCUT2D eigenvalue weighted by Gasteiger charge is -2.28. The second-order valence-electron chi connectivity index (χ2n) is 8.81. The van der Waals surface area contributed by atoms with Gasteiger partial charge in [-0.1, -0.05) is 25.3 Å². The number of fused-ring (bicyclic) bond motifs is 1. The summed E-state index contributed by atoms with van der Waals surface area (Å²) >= 11 is 0. The van der Waals surface area contributed by atoms with Gasteiger partial charge in [0, 0.05) is 29.3 Å². The van der Waals surface area contributed by atoms with E-state index in [4.69, 9.17) is 4.74 Å². The molecule has 2 fully saturated rings. The smallest absolute Gasteiger partial charge is 0.404 e. The van der Waals surface area contributed by atoms with Crippen LogP contribution in [0.4, 0.5) is 9.18 Å². The fraction of sp³-hybridized carbons (Fsp3) is 0.360. The molecule has 1 aromatic carbocycles. The Labute approximate surface area is 194 Å². The highest BCUT2D eigenvalue weighted by atomic mass is 19.1. The zero-order chi connectivity index (χ0) is 23.8. The predicted octanol–water partition coefficient (Wildman–Crippen LogP) is 4.36. The molecule has 1 aliphatic carbocycles. The second kappa shape index (κ2) is 8.89. The minimum Gasteiger partial charge on any atom is -0.404 e. The molecule has 2 aliphatic rings. The Morgan fingerprint density at radius 2 is 2.00 bits per heavy atom. The maximum atomic E-state index is 14.7. The molecule has 2 amide bonds. The average molecular weight is 464 g/mol. The van der Waals surface area contributed by atoms with E-state index in [9.17, 15) is 18.8 Å². The fourth-order valence-corrected chi connectivity index (χ4v) is 5.03. The molecule has 0 radical (unpaired) electrons. The molecule has 9 heteroatoms. The molecule has 0 spiro atoms. The van der Waals surface area contributed by atoms with Crippen molar-refractivity contribution in [2.45, 2.75) is 51.5 Å². The highest BCUT2D eigenvalue weighted by Crippen LogP contribution is 2.37. The molecular formula is C25H25FN4O4. The van der Waals surface area contributed by atoms with Gasteiger partial charge in [-0.25, -0.2) is 9.18 Å². The number of alkyl carbamates (subject to hydrolysis) is 1. The monoisotopic (exact) mass is 464 g/mol. The van der Waals surface area contributed by atoms with Crippen molar-refractivity contribution in [1.29, 1.82) is 0 Å². The molecule has 2 N–H and O–H groups in total. The van der Waals surface area contributed by atoms with Crippen molar-refractivity contribution in [2.24, 2.45) is 5.92 Å². The van der Waals surface area contributed by atoms with Gasteiger partial charge in [-0.3, -0.25) is 19.6 Å². The first kappa shape index (κ1) is 22.1. The third-order valence-electron chi connectivity index (χ3n) is 6.75. The van der Waals surface area contributed by atoms with Gasteiger partial charge >= 0.3 is 6.09 Å². The number of aryl methyl sites for hydroxylation is 1. The van der Waals surface area contributed by atoms with Gasteiger partial charge in [0.1, 0.15) is 5.82 Å². The molecular weight excluding hydrogens is 439 g/mol. The summed E-state index contributed by atoms with van der Waals surface area (Å²) in [6.07, 6.45) is 7.30. The van der Waals surface area contributed by atoms with E-state index >= 15 is 0 Å². The minimum absolute atomic E-state index is 0.0793. The predicted molar refractivity (Wildman–Crippen MR) is 123 cm³/mol. The van der Waals surface area contributed by atoms with E-state index in [1.54, 1.807) is 22.9 Å². The van der Waals surface area contributed by atoms with Gasteiger partial charge in [-0.15, -0.1) is 0 Å². The number of rotatable bonds is 5. The van der Waals surface area contributed by atoms with Crippen molar-refractivity contribution >= 4 is 22.9 Å². The number of ether oxygens (including phenoxy) is 1. The van der Waals surface area contributed by atoms with Crippen molar-refractivity contribution in [1.82, 2.24) is 20.1 Å². The summed E-state index contributed by atoms with van der Waals surface area (Å²) in [5.74, 6) is -1.32. The molecule has 34 heavy (non-hydrogen) atoms. The molecule has 3 heterocycles. The van der Waals surface area contributed by atoms with Crippen LogP contribution in [0.15, 0.2) is 47.1 Å². The molecule has 3 aromatic rings. The molecule has 5 rings (SSSR count). The average Bonchev–Trinajstić information content (AvgIpc) is 3.40. The fourth-order valence-electron chi connectivity index (χ4n) is 5.03. The number of imide groups is 1. The summed E-state index contributed by atoms with van der Waals surface area (Å²) < 4.78 is 21.4. The van der Waals surface area contributed by atoms with Crippen LogP contribution in [0.1, 0.15) is 50.5 Å². The van der Waals surface area contributed by atoms with Crippen LogP contribution in [0.2, 0.25) is 0 Å². The first-order chi connectivity index (χ1) is 16.4. The second-order valence-corrected chi connectivity index (χ2v) is 8.81. The Bertz CT molecular complexity index is 1370. The van der Waals surface area contributed by atoms with E-state index in [0.29, 0.717) is 34.3 Å². The van der Waals surface area contributed by atoms with Crippen LogP contribution in [0.25, 0.3) is 22.2 Å². The molecule has 1 aliphatic heterocycles. The number of hydrogen-bond donors (Lipinski definition) is 2. The SMILES string of the molecule is CCn1ncc2c(F)cc(-c3ccc(C(/C=C4\OC(=O)NC4=O)C4CCCCC4)c(=O)[nH]3)cc21. The normalized spacial score (nSPS) is 18.9. The Morgan fingerprint density at radius 1 is 1.21 bits per heavy atom. The Hall–Kier alpha value is -3.75. The Morgan fingerprint density at radius 3 is 2.68 bits per heavy atom. The minimum atomic E-state index is -0.813. The number of pyridine rings is 1. The standard InChI is InChI=1S/C25H25FN4O4/c1-2-30-21-11-15(10-19(26)18(21)13-27-30)20-9-8-16(23(31)28-20)17(14-6-4-3-5-7-14)12-22-24(32)29-25(33)34-22/h8-14,17H,2-7H2,1H3,(H,28,31)(H,29,32,33)/b22-12-. The maximum Gasteiger partial charge on any atom is 0.419 e. The van der Waals surface area contributed by atoms with Gasteiger partial charge in [-0.05, 0) is 50.0 Å². The van der Waals surface area contributed by atoms with E-state index < -0.39 is 17.8 Å². The van der Waals surface area contributed by atoms with Crippen LogP contribution < -0.4 is 10.9 Å². The summed E-state index contributed by atoms with van der Waals surface area (Å²) in [7, 11) is 0. The van der Waals surface area contributed by atoms with E-state index in [-0.39, 0.29) is 23.2 Å². The molecule has 0 bridgehead atoms. The van der Waals surface area contributed by atoms with Gasteiger partial charge in [0.05, 0.1) is 17.1 Å². The maximum absolute atomic E-state index is 14.7. The van der Waals surface area contributed by atoms with E-state index in [0.717, 1.165) is 32.1 Å². The summed E-state index contributed by atoms with van der Waals surface area (Å²) in [6.45, 7) is 2.52. The van der Waals surface area contributed by atoms with Crippen LogP contribution in [0.5, 0.6) is 0 Å². The van der Waals surface area contributed by atoms with Crippen molar-refractivity contribution in [2.75, 3.05) is 0 Å². The van der Waals surface area contributed by atoms with Gasteiger partial charge < -0.3 is 9.72 Å². The van der Waals surface area contributed by atoms with Crippen LogP contribution in [0.3, 0.4) is 0 Å². The number of benzene rings is 1. The highest BCUT2D eigenvalue weighted by Gasteiger charge is 2.32. The number of H-pyrrole nitrogens is 1. The van der Waals surface area contributed by atoms with Gasteiger partial charge in [0.15, 0.2) is 5.76 Å². The van der Waals surface area contributed by atoms with E-state index in [1.165, 1.54) is 12.3 Å². The summed E-state index contributed by atoms with van der Waals surface area (Å²) in [6, 6.07) is 6.66. The van der Waals surface area contributed by atoms with Gasteiger partial charge in [0.2, 0.25) is 0 Å². The molecule has 8 nitrogen and oxygen atoms in total. The summed E-state index contributed by atoms with van der Waals surface area (Å²) in [4.78, 5) is 39.7. The first-order valence-electron chi connectivity index (χ1n) is 11.6. The number of aromatic nitrogens is 3. The lowest BCUT2D eigenvalue weighted by Crippen LogP contribution is -2.24. The molecule has 176 valence electrons. The number of hydrogen-bond acceptors (Lipinski definition) is 5.